The number of carbonyl (C=O) groups is 1. The number of ether oxygens (including phenoxy) is 2. The maximum atomic E-state index is 12.3. The summed E-state index contributed by atoms with van der Waals surface area (Å²) in [6, 6.07) is 15.8. The number of hydrogen-bond acceptors (Lipinski definition) is 3. The van der Waals surface area contributed by atoms with Crippen LogP contribution in [0.3, 0.4) is 0 Å². The number of likely N-dealkylation sites (N-methyl/N-ethyl adjacent to an activating group) is 1. The number of aryl methyl sites for hydroxylation is 1. The van der Waals surface area contributed by atoms with Gasteiger partial charge >= 0.3 is 6.03 Å². The second-order valence-corrected chi connectivity index (χ2v) is 7.92. The molecule has 0 bridgehead atoms. The van der Waals surface area contributed by atoms with Gasteiger partial charge in [0.15, 0.2) is 0 Å². The number of para-hydroxylation sites is 1. The molecule has 0 saturated heterocycles. The van der Waals surface area contributed by atoms with Crippen molar-refractivity contribution in [3.05, 3.63) is 65.2 Å². The first-order valence-corrected chi connectivity index (χ1v) is 9.64. The molecule has 152 valence electrons. The lowest BCUT2D eigenvalue weighted by molar-refractivity contribution is -0.0149. The van der Waals surface area contributed by atoms with E-state index in [4.69, 9.17) is 9.47 Å². The van der Waals surface area contributed by atoms with E-state index in [0.717, 1.165) is 22.4 Å². The maximum Gasteiger partial charge on any atom is 0.317 e. The van der Waals surface area contributed by atoms with Crippen LogP contribution in [0.15, 0.2) is 48.5 Å². The van der Waals surface area contributed by atoms with Gasteiger partial charge in [-0.3, -0.25) is 0 Å². The highest BCUT2D eigenvalue weighted by atomic mass is 16.5. The van der Waals surface area contributed by atoms with Crippen LogP contribution in [0, 0.1) is 6.92 Å². The van der Waals surface area contributed by atoms with E-state index in [1.165, 1.54) is 0 Å². The van der Waals surface area contributed by atoms with Gasteiger partial charge in [-0.1, -0.05) is 42.5 Å². The van der Waals surface area contributed by atoms with Gasteiger partial charge in [-0.15, -0.1) is 0 Å². The fraction of sp³-hybridized carbons (Fsp3) is 0.435. The average Bonchev–Trinajstić information content (AvgIpc) is 2.65. The number of carbonyl (C=O) groups excluding carboxylic acids is 1. The smallest absolute Gasteiger partial charge is 0.317 e. The Kier molecular flexibility index (Phi) is 7.88. The third kappa shape index (κ3) is 7.61. The molecule has 2 aromatic carbocycles. The minimum Gasteiger partial charge on any atom is -0.491 e. The van der Waals surface area contributed by atoms with Crippen molar-refractivity contribution in [2.75, 3.05) is 20.2 Å². The highest BCUT2D eigenvalue weighted by molar-refractivity contribution is 5.73. The van der Waals surface area contributed by atoms with E-state index in [-0.39, 0.29) is 11.6 Å². The van der Waals surface area contributed by atoms with Gasteiger partial charge < -0.3 is 19.7 Å². The Hall–Kier alpha value is -2.53. The minimum atomic E-state index is -0.173. The van der Waals surface area contributed by atoms with Crippen LogP contribution in [0.5, 0.6) is 5.75 Å². The van der Waals surface area contributed by atoms with Crippen LogP contribution in [0.4, 0.5) is 4.79 Å². The number of amides is 2. The van der Waals surface area contributed by atoms with Crippen LogP contribution in [-0.4, -0.2) is 36.7 Å². The molecule has 0 aromatic heterocycles. The molecule has 2 aromatic rings. The number of rotatable bonds is 8. The molecule has 5 nitrogen and oxygen atoms in total. The minimum absolute atomic E-state index is 0.121. The molecular weight excluding hydrogens is 352 g/mol. The highest BCUT2D eigenvalue weighted by Crippen LogP contribution is 2.16. The van der Waals surface area contributed by atoms with E-state index < -0.39 is 0 Å². The van der Waals surface area contributed by atoms with Crippen LogP contribution in [0.2, 0.25) is 0 Å². The summed E-state index contributed by atoms with van der Waals surface area (Å²) >= 11 is 0. The molecule has 2 amide bonds. The molecule has 0 heterocycles. The van der Waals surface area contributed by atoms with E-state index >= 15 is 0 Å². The summed E-state index contributed by atoms with van der Waals surface area (Å²) in [4.78, 5) is 13.9. The van der Waals surface area contributed by atoms with E-state index in [1.54, 1.807) is 11.9 Å². The zero-order valence-corrected chi connectivity index (χ0v) is 17.6. The third-order valence-electron chi connectivity index (χ3n) is 4.23. The van der Waals surface area contributed by atoms with E-state index in [0.29, 0.717) is 26.3 Å². The quantitative estimate of drug-likeness (QED) is 0.727. The van der Waals surface area contributed by atoms with E-state index in [1.807, 2.05) is 70.2 Å². The van der Waals surface area contributed by atoms with Crippen molar-refractivity contribution in [2.45, 2.75) is 46.4 Å². The van der Waals surface area contributed by atoms with E-state index in [9.17, 15) is 4.79 Å². The van der Waals surface area contributed by atoms with Gasteiger partial charge in [0.05, 0.1) is 18.8 Å². The zero-order chi connectivity index (χ0) is 20.6. The summed E-state index contributed by atoms with van der Waals surface area (Å²) in [6.45, 7) is 10.1. The predicted octanol–water partition coefficient (Wildman–Crippen LogP) is 4.53. The lowest BCUT2D eigenvalue weighted by Gasteiger charge is -2.20. The van der Waals surface area contributed by atoms with Gasteiger partial charge in [0.1, 0.15) is 12.4 Å². The van der Waals surface area contributed by atoms with Crippen molar-refractivity contribution in [1.82, 2.24) is 10.2 Å². The first-order chi connectivity index (χ1) is 13.2. The summed E-state index contributed by atoms with van der Waals surface area (Å²) in [6.07, 6.45) is 0. The van der Waals surface area contributed by atoms with Crippen molar-refractivity contribution >= 4 is 6.03 Å². The molecule has 28 heavy (non-hydrogen) atoms. The molecule has 0 aliphatic carbocycles. The summed E-state index contributed by atoms with van der Waals surface area (Å²) in [5.74, 6) is 0.852. The molecule has 0 aliphatic rings. The van der Waals surface area contributed by atoms with E-state index in [2.05, 4.69) is 11.4 Å². The van der Waals surface area contributed by atoms with Crippen molar-refractivity contribution in [3.63, 3.8) is 0 Å². The number of urea groups is 1. The van der Waals surface area contributed by atoms with Crippen molar-refractivity contribution in [1.29, 1.82) is 0 Å². The molecule has 5 heteroatoms. The standard InChI is InChI=1S/C23H32N2O3/c1-18-9-6-7-12-21(18)27-14-13-25(5)22(26)24-16-19-10-8-11-20(15-19)17-28-23(2,3)4/h6-12,15H,13-14,16-17H2,1-5H3,(H,24,26). The van der Waals surface area contributed by atoms with Crippen LogP contribution in [-0.2, 0) is 17.9 Å². The van der Waals surface area contributed by atoms with Crippen molar-refractivity contribution in [3.8, 4) is 5.75 Å². The largest absolute Gasteiger partial charge is 0.491 e. The zero-order valence-electron chi connectivity index (χ0n) is 17.6. The molecule has 0 aliphatic heterocycles. The Labute approximate surface area is 168 Å². The van der Waals surface area contributed by atoms with Gasteiger partial charge in [-0.25, -0.2) is 4.79 Å². The predicted molar refractivity (Wildman–Crippen MR) is 113 cm³/mol. The SMILES string of the molecule is Cc1ccccc1OCCN(C)C(=O)NCc1cccc(COC(C)(C)C)c1. The summed E-state index contributed by atoms with van der Waals surface area (Å²) in [5.41, 5.74) is 3.06. The topological polar surface area (TPSA) is 50.8 Å². The van der Waals surface area contributed by atoms with Gasteiger partial charge in [-0.05, 0) is 50.5 Å². The Bertz CT molecular complexity index is 768. The highest BCUT2D eigenvalue weighted by Gasteiger charge is 2.11. The van der Waals surface area contributed by atoms with Crippen molar-refractivity contribution in [2.24, 2.45) is 0 Å². The molecule has 1 N–H and O–H groups in total. The Morgan fingerprint density at radius 2 is 1.79 bits per heavy atom. The molecule has 0 spiro atoms. The molecule has 0 atom stereocenters. The van der Waals surface area contributed by atoms with Crippen LogP contribution < -0.4 is 10.1 Å². The number of hydrogen-bond donors (Lipinski definition) is 1. The van der Waals surface area contributed by atoms with Gasteiger partial charge in [0, 0.05) is 13.6 Å². The summed E-state index contributed by atoms with van der Waals surface area (Å²) in [5, 5.41) is 2.95. The van der Waals surface area contributed by atoms with Crippen LogP contribution >= 0.6 is 0 Å². The van der Waals surface area contributed by atoms with Crippen LogP contribution in [0.25, 0.3) is 0 Å². The fourth-order valence-electron chi connectivity index (χ4n) is 2.55. The first-order valence-electron chi connectivity index (χ1n) is 9.64. The maximum absolute atomic E-state index is 12.3. The normalized spacial score (nSPS) is 11.2. The van der Waals surface area contributed by atoms with Crippen LogP contribution in [0.1, 0.15) is 37.5 Å². The molecule has 0 saturated carbocycles. The monoisotopic (exact) mass is 384 g/mol. The summed E-state index contributed by atoms with van der Waals surface area (Å²) in [7, 11) is 1.77. The second kappa shape index (κ2) is 10.1. The lowest BCUT2D eigenvalue weighted by Crippen LogP contribution is -2.39. The Balaban J connectivity index is 1.76. The lowest BCUT2D eigenvalue weighted by atomic mass is 10.1. The molecule has 0 fully saturated rings. The average molecular weight is 385 g/mol. The second-order valence-electron chi connectivity index (χ2n) is 7.92. The first kappa shape index (κ1) is 21.8. The molecule has 0 unspecified atom stereocenters. The van der Waals surface area contributed by atoms with Gasteiger partial charge in [0.25, 0.3) is 0 Å². The molecular formula is C23H32N2O3. The Morgan fingerprint density at radius 1 is 1.07 bits per heavy atom. The van der Waals surface area contributed by atoms with Gasteiger partial charge in [0.2, 0.25) is 0 Å². The van der Waals surface area contributed by atoms with Crippen molar-refractivity contribution < 1.29 is 14.3 Å². The molecule has 2 rings (SSSR count). The molecule has 0 radical (unpaired) electrons. The fourth-order valence-corrected chi connectivity index (χ4v) is 2.55. The number of nitrogens with one attached hydrogen (secondary N) is 1. The third-order valence-corrected chi connectivity index (χ3v) is 4.23. The number of benzene rings is 2. The summed E-state index contributed by atoms with van der Waals surface area (Å²) < 4.78 is 11.6. The van der Waals surface area contributed by atoms with Gasteiger partial charge in [-0.2, -0.15) is 0 Å². The number of nitrogens with zero attached hydrogens (tertiary/aromatic N) is 1. The Morgan fingerprint density at radius 3 is 2.50 bits per heavy atom.